The first-order chi connectivity index (χ1) is 24.3. The zero-order valence-corrected chi connectivity index (χ0v) is 27.3. The highest BCUT2D eigenvalue weighted by atomic mass is 32.1. The van der Waals surface area contributed by atoms with Crippen LogP contribution < -0.4 is 4.90 Å². The molecule has 0 spiro atoms. The number of fused-ring (bicyclic) bond motifs is 7. The maximum absolute atomic E-state index is 6.20. The van der Waals surface area contributed by atoms with Gasteiger partial charge in [0.15, 0.2) is 0 Å². The van der Waals surface area contributed by atoms with Gasteiger partial charge in [0.1, 0.15) is 11.2 Å². The standard InChI is InChI=1S/C46H29NOS/c1-2-13-37-31(9-1)10-8-16-38(37)33-12-7-11-32(27-33)30-19-21-34(22-20-30)47(35-24-26-44-42(28-35)39-14-3-5-17-43(39)48-44)36-23-25-41-40-15-4-6-18-45(40)49-46(41)29-36/h1-29H. The van der Waals surface area contributed by atoms with Gasteiger partial charge in [-0.1, -0.05) is 115 Å². The third kappa shape index (κ3) is 4.70. The summed E-state index contributed by atoms with van der Waals surface area (Å²) in [4.78, 5) is 2.36. The first-order valence-electron chi connectivity index (χ1n) is 16.6. The van der Waals surface area contributed by atoms with Crippen molar-refractivity contribution in [3.63, 3.8) is 0 Å². The Labute approximate surface area is 287 Å². The zero-order valence-electron chi connectivity index (χ0n) is 26.5. The molecule has 0 aliphatic heterocycles. The summed E-state index contributed by atoms with van der Waals surface area (Å²) in [6, 6.07) is 63.3. The van der Waals surface area contributed by atoms with Gasteiger partial charge in [0.2, 0.25) is 0 Å². The van der Waals surface area contributed by atoms with Crippen molar-refractivity contribution in [2.24, 2.45) is 0 Å². The Bertz CT molecular complexity index is 2840. The fourth-order valence-corrected chi connectivity index (χ4v) is 8.44. The summed E-state index contributed by atoms with van der Waals surface area (Å²) in [5.74, 6) is 0. The second-order valence-electron chi connectivity index (χ2n) is 12.5. The monoisotopic (exact) mass is 643 g/mol. The number of nitrogens with zero attached hydrogens (tertiary/aromatic N) is 1. The Balaban J connectivity index is 1.09. The summed E-state index contributed by atoms with van der Waals surface area (Å²) in [6.07, 6.45) is 0. The molecule has 0 bridgehead atoms. The van der Waals surface area contributed by atoms with Crippen molar-refractivity contribution in [3.05, 3.63) is 176 Å². The van der Waals surface area contributed by atoms with Gasteiger partial charge in [-0.05, 0) is 93.7 Å². The van der Waals surface area contributed by atoms with Gasteiger partial charge < -0.3 is 9.32 Å². The van der Waals surface area contributed by atoms with E-state index in [1.54, 1.807) is 0 Å². The van der Waals surface area contributed by atoms with E-state index in [4.69, 9.17) is 4.42 Å². The normalized spacial score (nSPS) is 11.7. The van der Waals surface area contributed by atoms with E-state index in [0.29, 0.717) is 0 Å². The van der Waals surface area contributed by atoms with E-state index in [1.165, 1.54) is 53.2 Å². The quantitative estimate of drug-likeness (QED) is 0.186. The highest BCUT2D eigenvalue weighted by Crippen LogP contribution is 2.43. The van der Waals surface area contributed by atoms with Crippen LogP contribution in [0, 0.1) is 0 Å². The molecule has 0 radical (unpaired) electrons. The molecule has 2 aromatic heterocycles. The number of furan rings is 1. The van der Waals surface area contributed by atoms with Gasteiger partial charge in [0.05, 0.1) is 0 Å². The van der Waals surface area contributed by atoms with Gasteiger partial charge >= 0.3 is 0 Å². The predicted octanol–water partition coefficient (Wildman–Crippen LogP) is 13.9. The average molecular weight is 644 g/mol. The first-order valence-corrected chi connectivity index (χ1v) is 17.4. The Kier molecular flexibility index (Phi) is 6.39. The minimum absolute atomic E-state index is 0.895. The fourth-order valence-electron chi connectivity index (χ4n) is 7.30. The first kappa shape index (κ1) is 27.9. The molecule has 49 heavy (non-hydrogen) atoms. The molecule has 2 heterocycles. The van der Waals surface area contributed by atoms with E-state index < -0.39 is 0 Å². The zero-order chi connectivity index (χ0) is 32.3. The molecule has 0 amide bonds. The molecule has 3 heteroatoms. The summed E-state index contributed by atoms with van der Waals surface area (Å²) < 4.78 is 8.79. The largest absolute Gasteiger partial charge is 0.456 e. The summed E-state index contributed by atoms with van der Waals surface area (Å²) in [7, 11) is 0. The van der Waals surface area contributed by atoms with Crippen LogP contribution in [0.5, 0.6) is 0 Å². The SMILES string of the molecule is c1cc(-c2ccc(N(c3ccc4c(c3)sc3ccccc34)c3ccc4oc5ccccc5c4c3)cc2)cc(-c2cccc3ccccc23)c1. The minimum atomic E-state index is 0.895. The third-order valence-electron chi connectivity index (χ3n) is 9.66. The van der Waals surface area contributed by atoms with Crippen molar-refractivity contribution in [1.29, 1.82) is 0 Å². The van der Waals surface area contributed by atoms with Gasteiger partial charge in [-0.2, -0.15) is 0 Å². The van der Waals surface area contributed by atoms with Crippen molar-refractivity contribution >= 4 is 81.3 Å². The summed E-state index contributed by atoms with van der Waals surface area (Å²) in [6.45, 7) is 0. The fraction of sp³-hybridized carbons (Fsp3) is 0. The number of para-hydroxylation sites is 1. The van der Waals surface area contributed by atoms with Gasteiger partial charge in [0.25, 0.3) is 0 Å². The van der Waals surface area contributed by atoms with E-state index >= 15 is 0 Å². The third-order valence-corrected chi connectivity index (χ3v) is 10.8. The maximum Gasteiger partial charge on any atom is 0.135 e. The summed E-state index contributed by atoms with van der Waals surface area (Å²) in [5.41, 5.74) is 9.96. The number of rotatable bonds is 5. The number of benzene rings is 8. The molecule has 2 nitrogen and oxygen atoms in total. The van der Waals surface area contributed by atoms with Gasteiger partial charge in [-0.15, -0.1) is 11.3 Å². The van der Waals surface area contributed by atoms with Gasteiger partial charge in [-0.25, -0.2) is 0 Å². The van der Waals surface area contributed by atoms with Crippen LogP contribution in [0.3, 0.4) is 0 Å². The number of hydrogen-bond acceptors (Lipinski definition) is 3. The molecule has 8 aromatic carbocycles. The topological polar surface area (TPSA) is 16.4 Å². The van der Waals surface area contributed by atoms with Crippen LogP contribution in [-0.2, 0) is 0 Å². The van der Waals surface area contributed by atoms with Crippen LogP contribution in [0.4, 0.5) is 17.1 Å². The van der Waals surface area contributed by atoms with Crippen LogP contribution in [0.25, 0.3) is 75.1 Å². The molecule has 0 fully saturated rings. The maximum atomic E-state index is 6.20. The van der Waals surface area contributed by atoms with Crippen LogP contribution in [-0.4, -0.2) is 0 Å². The molecule has 230 valence electrons. The number of anilines is 3. The molecule has 0 N–H and O–H groups in total. The molecule has 0 aliphatic carbocycles. The van der Waals surface area contributed by atoms with Crippen molar-refractivity contribution in [2.45, 2.75) is 0 Å². The molecule has 0 aliphatic rings. The van der Waals surface area contributed by atoms with E-state index in [-0.39, 0.29) is 0 Å². The van der Waals surface area contributed by atoms with E-state index in [9.17, 15) is 0 Å². The lowest BCUT2D eigenvalue weighted by atomic mass is 9.95. The molecule has 0 saturated heterocycles. The molecule has 10 aromatic rings. The summed E-state index contributed by atoms with van der Waals surface area (Å²) >= 11 is 1.85. The van der Waals surface area contributed by atoms with Gasteiger partial charge in [0, 0.05) is 48.0 Å². The number of thiophene rings is 1. The van der Waals surface area contributed by atoms with Gasteiger partial charge in [-0.3, -0.25) is 0 Å². The Hall–Kier alpha value is -6.16. The number of hydrogen-bond donors (Lipinski definition) is 0. The highest BCUT2D eigenvalue weighted by Gasteiger charge is 2.17. The molecule has 10 rings (SSSR count). The predicted molar refractivity (Wildman–Crippen MR) is 210 cm³/mol. The second kappa shape index (κ2) is 11.2. The van der Waals surface area contributed by atoms with Crippen LogP contribution in [0.15, 0.2) is 180 Å². The molecule has 0 atom stereocenters. The Morgan fingerprint density at radius 3 is 1.94 bits per heavy atom. The smallest absolute Gasteiger partial charge is 0.135 e. The van der Waals surface area contributed by atoms with Crippen LogP contribution >= 0.6 is 11.3 Å². The van der Waals surface area contributed by atoms with Crippen molar-refractivity contribution in [2.75, 3.05) is 4.90 Å². The van der Waals surface area contributed by atoms with Crippen LogP contribution in [0.2, 0.25) is 0 Å². The van der Waals surface area contributed by atoms with Crippen molar-refractivity contribution in [1.82, 2.24) is 0 Å². The lowest BCUT2D eigenvalue weighted by molar-refractivity contribution is 0.669. The van der Waals surface area contributed by atoms with E-state index in [0.717, 1.165) is 39.0 Å². The van der Waals surface area contributed by atoms with Crippen molar-refractivity contribution in [3.8, 4) is 22.3 Å². The highest BCUT2D eigenvalue weighted by molar-refractivity contribution is 7.25. The average Bonchev–Trinajstić information content (AvgIpc) is 3.73. The minimum Gasteiger partial charge on any atom is -0.456 e. The van der Waals surface area contributed by atoms with Crippen LogP contribution in [0.1, 0.15) is 0 Å². The lowest BCUT2D eigenvalue weighted by Gasteiger charge is -2.26. The van der Waals surface area contributed by atoms with E-state index in [1.807, 2.05) is 23.5 Å². The Morgan fingerprint density at radius 1 is 0.367 bits per heavy atom. The van der Waals surface area contributed by atoms with E-state index in [2.05, 4.69) is 169 Å². The Morgan fingerprint density at radius 2 is 1.02 bits per heavy atom. The molecular weight excluding hydrogens is 615 g/mol. The summed E-state index contributed by atoms with van der Waals surface area (Å²) in [5, 5.41) is 7.36. The van der Waals surface area contributed by atoms with Crippen molar-refractivity contribution < 1.29 is 4.42 Å². The second-order valence-corrected chi connectivity index (χ2v) is 13.6. The lowest BCUT2D eigenvalue weighted by Crippen LogP contribution is -2.09. The molecular formula is C46H29NOS. The molecule has 0 unspecified atom stereocenters. The molecule has 0 saturated carbocycles.